The summed E-state index contributed by atoms with van der Waals surface area (Å²) in [6.07, 6.45) is 2.38. The zero-order chi connectivity index (χ0) is 50.1. The number of likely N-dealkylation sites (N-methyl/N-ethyl adjacent to an activating group) is 2. The van der Waals surface area contributed by atoms with Gasteiger partial charge in [-0.1, -0.05) is 179 Å². The topological polar surface area (TPSA) is 126 Å². The SMILES string of the molecule is CC[C@H](C)[C@H](NC(=O)OCC1c2ccccc2-c2ccccc21)C(=O)N(C)[C@H](C(=O)N(C)[C@@H](CC(=O)OC(c1ccccc1)(c1ccc(C)cc1)c1ccccc1Cl)C(=O)N1CCCCC1)[C@@H](C)CC. The first-order valence-corrected chi connectivity index (χ1v) is 25.1. The maximum Gasteiger partial charge on any atom is 0.407 e. The van der Waals surface area contributed by atoms with Crippen LogP contribution in [-0.4, -0.2) is 96.4 Å². The minimum Gasteiger partial charge on any atom is -0.449 e. The van der Waals surface area contributed by atoms with Gasteiger partial charge in [0.1, 0.15) is 24.7 Å². The Hall–Kier alpha value is -6.46. The molecule has 0 saturated carbocycles. The molecule has 0 bridgehead atoms. The summed E-state index contributed by atoms with van der Waals surface area (Å²) in [6.45, 7) is 10.6. The number of esters is 1. The van der Waals surface area contributed by atoms with Crippen LogP contribution in [0, 0.1) is 18.8 Å². The van der Waals surface area contributed by atoms with Gasteiger partial charge in [0.15, 0.2) is 5.60 Å². The number of carbonyl (C=O) groups is 5. The molecular weight excluding hydrogens is 900 g/mol. The van der Waals surface area contributed by atoms with Crippen molar-refractivity contribution < 1.29 is 33.4 Å². The lowest BCUT2D eigenvalue weighted by Crippen LogP contribution is -2.60. The molecule has 70 heavy (non-hydrogen) atoms. The van der Waals surface area contributed by atoms with Crippen molar-refractivity contribution in [3.05, 3.63) is 166 Å². The summed E-state index contributed by atoms with van der Waals surface area (Å²) in [4.78, 5) is 78.0. The minimum absolute atomic E-state index is 0.0701. The van der Waals surface area contributed by atoms with Gasteiger partial charge in [0.05, 0.1) is 6.42 Å². The third-order valence-electron chi connectivity index (χ3n) is 14.6. The third kappa shape index (κ3) is 10.8. The molecule has 1 saturated heterocycles. The number of fused-ring (bicyclic) bond motifs is 3. The number of piperidine rings is 1. The van der Waals surface area contributed by atoms with Gasteiger partial charge in [-0.05, 0) is 66.3 Å². The molecule has 1 aliphatic heterocycles. The number of aryl methyl sites for hydroxylation is 1. The normalized spacial score (nSPS) is 16.3. The molecule has 368 valence electrons. The second kappa shape index (κ2) is 23.0. The standard InChI is InChI=1S/C58H67ClN4O7/c1-8-39(4)52(60-57(68)69-37-47-45-26-16-14-24-43(45)44-25-15-17-27-46(44)47)55(66)62(7)53(40(5)9-2)56(67)61(6)50(54(65)63-34-20-11-21-35-63)36-51(64)70-58(41-22-12-10-13-23-41,42-32-30-38(3)31-33-42)48-28-18-19-29-49(48)59/h10,12-19,22-33,39-40,47,50,52-53H,8-9,11,20-21,34-37H2,1-7H3,(H,60,68)/t39-,40-,50-,52-,53-,58?/m0/s1. The lowest BCUT2D eigenvalue weighted by atomic mass is 9.79. The summed E-state index contributed by atoms with van der Waals surface area (Å²) in [5.74, 6) is -2.99. The van der Waals surface area contributed by atoms with Crippen LogP contribution >= 0.6 is 11.6 Å². The summed E-state index contributed by atoms with van der Waals surface area (Å²) in [5, 5.41) is 3.25. The summed E-state index contributed by atoms with van der Waals surface area (Å²) < 4.78 is 12.7. The van der Waals surface area contributed by atoms with Crippen LogP contribution in [0.5, 0.6) is 0 Å². The van der Waals surface area contributed by atoms with E-state index in [1.54, 1.807) is 18.0 Å². The molecule has 1 unspecified atom stereocenters. The van der Waals surface area contributed by atoms with E-state index in [-0.39, 0.29) is 30.3 Å². The van der Waals surface area contributed by atoms with Crippen LogP contribution in [0.1, 0.15) is 106 Å². The van der Waals surface area contributed by atoms with Gasteiger partial charge in [-0.2, -0.15) is 0 Å². The Morgan fingerprint density at radius 3 is 1.86 bits per heavy atom. The van der Waals surface area contributed by atoms with Gasteiger partial charge in [0, 0.05) is 54.8 Å². The first-order valence-electron chi connectivity index (χ1n) is 24.7. The molecule has 1 heterocycles. The fourth-order valence-corrected chi connectivity index (χ4v) is 10.4. The van der Waals surface area contributed by atoms with Gasteiger partial charge in [0.2, 0.25) is 17.7 Å². The number of alkyl carbamates (subject to hydrolysis) is 1. The number of benzene rings is 5. The molecule has 0 radical (unpaired) electrons. The number of likely N-dealkylation sites (tertiary alicyclic amines) is 1. The summed E-state index contributed by atoms with van der Waals surface area (Å²) in [5.41, 5.74) is 5.62. The van der Waals surface area contributed by atoms with Crippen LogP contribution in [-0.2, 0) is 34.3 Å². The van der Waals surface area contributed by atoms with E-state index < -0.39 is 54.0 Å². The van der Waals surface area contributed by atoms with E-state index in [0.717, 1.165) is 47.1 Å². The summed E-state index contributed by atoms with van der Waals surface area (Å²) >= 11 is 6.99. The highest BCUT2D eigenvalue weighted by Crippen LogP contribution is 2.46. The molecule has 0 spiro atoms. The van der Waals surface area contributed by atoms with E-state index in [1.807, 2.05) is 144 Å². The van der Waals surface area contributed by atoms with Gasteiger partial charge in [-0.25, -0.2) is 4.79 Å². The number of nitrogens with one attached hydrogen (secondary N) is 1. The van der Waals surface area contributed by atoms with Crippen LogP contribution in [0.15, 0.2) is 127 Å². The van der Waals surface area contributed by atoms with Crippen molar-refractivity contribution in [2.75, 3.05) is 33.8 Å². The van der Waals surface area contributed by atoms with Crippen molar-refractivity contribution in [2.45, 2.75) is 103 Å². The molecule has 5 aromatic rings. The van der Waals surface area contributed by atoms with Gasteiger partial charge >= 0.3 is 12.1 Å². The van der Waals surface area contributed by atoms with Crippen molar-refractivity contribution >= 4 is 41.4 Å². The van der Waals surface area contributed by atoms with Crippen molar-refractivity contribution in [3.63, 3.8) is 0 Å². The van der Waals surface area contributed by atoms with E-state index in [4.69, 9.17) is 21.1 Å². The summed E-state index contributed by atoms with van der Waals surface area (Å²) in [6, 6.07) is 37.1. The number of nitrogens with zero attached hydrogens (tertiary/aromatic N) is 3. The average molecular weight is 968 g/mol. The predicted octanol–water partition coefficient (Wildman–Crippen LogP) is 10.5. The smallest absolute Gasteiger partial charge is 0.407 e. The molecule has 1 N–H and O–H groups in total. The van der Waals surface area contributed by atoms with Gasteiger partial charge in [-0.3, -0.25) is 19.2 Å². The van der Waals surface area contributed by atoms with Crippen molar-refractivity contribution in [1.82, 2.24) is 20.0 Å². The van der Waals surface area contributed by atoms with E-state index in [2.05, 4.69) is 17.4 Å². The first-order chi connectivity index (χ1) is 33.7. The number of carbonyl (C=O) groups excluding carboxylic acids is 5. The summed E-state index contributed by atoms with van der Waals surface area (Å²) in [7, 11) is 3.09. The van der Waals surface area contributed by atoms with Crippen LogP contribution in [0.4, 0.5) is 4.79 Å². The van der Waals surface area contributed by atoms with E-state index in [0.29, 0.717) is 47.6 Å². The number of rotatable bonds is 18. The Morgan fingerprint density at radius 1 is 0.700 bits per heavy atom. The number of halogens is 1. The Labute approximate surface area is 418 Å². The molecule has 0 aromatic heterocycles. The van der Waals surface area contributed by atoms with Crippen LogP contribution in [0.25, 0.3) is 11.1 Å². The molecule has 6 atom stereocenters. The molecule has 12 heteroatoms. The van der Waals surface area contributed by atoms with Gasteiger partial charge in [-0.15, -0.1) is 0 Å². The zero-order valence-electron chi connectivity index (χ0n) is 41.5. The van der Waals surface area contributed by atoms with Gasteiger partial charge in [0.25, 0.3) is 0 Å². The fraction of sp³-hybridized carbons (Fsp3) is 0.397. The zero-order valence-corrected chi connectivity index (χ0v) is 42.3. The lowest BCUT2D eigenvalue weighted by Gasteiger charge is -2.40. The molecule has 11 nitrogen and oxygen atoms in total. The fourth-order valence-electron chi connectivity index (χ4n) is 10.1. The lowest BCUT2D eigenvalue weighted by molar-refractivity contribution is -0.161. The highest BCUT2D eigenvalue weighted by atomic mass is 35.5. The maximum absolute atomic E-state index is 15.2. The number of ether oxygens (including phenoxy) is 2. The van der Waals surface area contributed by atoms with Crippen molar-refractivity contribution in [2.24, 2.45) is 11.8 Å². The molecule has 7 rings (SSSR count). The van der Waals surface area contributed by atoms with E-state index in [1.165, 1.54) is 16.8 Å². The Balaban J connectivity index is 1.16. The third-order valence-corrected chi connectivity index (χ3v) is 14.9. The van der Waals surface area contributed by atoms with Gasteiger partial charge < -0.3 is 29.5 Å². The monoisotopic (exact) mass is 966 g/mol. The Morgan fingerprint density at radius 2 is 1.26 bits per heavy atom. The van der Waals surface area contributed by atoms with Crippen molar-refractivity contribution in [3.8, 4) is 11.1 Å². The molecule has 4 amide bonds. The average Bonchev–Trinajstić information content (AvgIpc) is 3.71. The van der Waals surface area contributed by atoms with Crippen LogP contribution < -0.4 is 5.32 Å². The number of amides is 4. The minimum atomic E-state index is -1.54. The molecule has 2 aliphatic rings. The number of hydrogen-bond donors (Lipinski definition) is 1. The van der Waals surface area contributed by atoms with Crippen LogP contribution in [0.3, 0.4) is 0 Å². The first kappa shape index (κ1) is 51.4. The largest absolute Gasteiger partial charge is 0.449 e. The highest BCUT2D eigenvalue weighted by Gasteiger charge is 2.46. The predicted molar refractivity (Wildman–Crippen MR) is 274 cm³/mol. The maximum atomic E-state index is 15.2. The highest BCUT2D eigenvalue weighted by molar-refractivity contribution is 6.31. The second-order valence-electron chi connectivity index (χ2n) is 19.0. The van der Waals surface area contributed by atoms with E-state index >= 15 is 4.79 Å². The second-order valence-corrected chi connectivity index (χ2v) is 19.4. The molecular formula is C58H67ClN4O7. The van der Waals surface area contributed by atoms with Crippen molar-refractivity contribution in [1.29, 1.82) is 0 Å². The quantitative estimate of drug-likeness (QED) is 0.0685. The molecule has 5 aromatic carbocycles. The molecule has 1 fully saturated rings. The molecule has 1 aliphatic carbocycles. The Bertz CT molecular complexity index is 2590. The van der Waals surface area contributed by atoms with E-state index in [9.17, 15) is 19.2 Å². The Kier molecular flexibility index (Phi) is 16.9. The number of hydrogen-bond acceptors (Lipinski definition) is 7. The van der Waals surface area contributed by atoms with Crippen LogP contribution in [0.2, 0.25) is 5.02 Å².